The molecule has 3 N–H and O–H groups in total. The maximum absolute atomic E-state index is 14.1. The van der Waals surface area contributed by atoms with E-state index < -0.39 is 17.9 Å². The number of halogens is 2. The minimum Gasteiger partial charge on any atom is -0.380 e. The van der Waals surface area contributed by atoms with E-state index in [1.165, 1.54) is 40.8 Å². The molecule has 0 radical (unpaired) electrons. The summed E-state index contributed by atoms with van der Waals surface area (Å²) in [5.74, 6) is -0.366. The van der Waals surface area contributed by atoms with E-state index in [0.717, 1.165) is 5.69 Å². The zero-order valence-corrected chi connectivity index (χ0v) is 13.6. The number of anilines is 2. The molecule has 0 aliphatic rings. The molecule has 4 rings (SSSR count). The van der Waals surface area contributed by atoms with Gasteiger partial charge in [-0.15, -0.1) is 0 Å². The third kappa shape index (κ3) is 2.88. The number of hydrogen-bond acceptors (Lipinski definition) is 5. The van der Waals surface area contributed by atoms with Crippen LogP contribution < -0.4 is 5.32 Å². The summed E-state index contributed by atoms with van der Waals surface area (Å²) < 4.78 is 28.4. The summed E-state index contributed by atoms with van der Waals surface area (Å²) in [7, 11) is 0. The van der Waals surface area contributed by atoms with Gasteiger partial charge < -0.3 is 10.4 Å². The van der Waals surface area contributed by atoms with Crippen molar-refractivity contribution >= 4 is 17.4 Å². The van der Waals surface area contributed by atoms with Crippen LogP contribution in [0, 0.1) is 18.7 Å². The lowest BCUT2D eigenvalue weighted by Crippen LogP contribution is -2.12. The first-order valence-corrected chi connectivity index (χ1v) is 7.79. The fraction of sp³-hybridized carbons (Fsp3) is 0.118. The van der Waals surface area contributed by atoms with Gasteiger partial charge in [0.1, 0.15) is 17.6 Å². The van der Waals surface area contributed by atoms with Crippen molar-refractivity contribution in [3.8, 4) is 0 Å². The molecule has 0 spiro atoms. The second kappa shape index (κ2) is 6.19. The molecule has 7 nitrogen and oxygen atoms in total. The van der Waals surface area contributed by atoms with E-state index >= 15 is 0 Å². The minimum absolute atomic E-state index is 0.0527. The molecule has 132 valence electrons. The Balaban J connectivity index is 1.79. The third-order valence-corrected chi connectivity index (χ3v) is 3.85. The number of aliphatic hydroxyl groups is 1. The summed E-state index contributed by atoms with van der Waals surface area (Å²) in [6.07, 6.45) is -1.19. The number of H-pyrrole nitrogens is 1. The quantitative estimate of drug-likeness (QED) is 0.523. The molecule has 0 bridgehead atoms. The van der Waals surface area contributed by atoms with Gasteiger partial charge in [0.25, 0.3) is 0 Å². The Bertz CT molecular complexity index is 1070. The van der Waals surface area contributed by atoms with Gasteiger partial charge in [-0.25, -0.2) is 13.8 Å². The van der Waals surface area contributed by atoms with Crippen molar-refractivity contribution in [2.75, 3.05) is 5.32 Å². The van der Waals surface area contributed by atoms with E-state index in [9.17, 15) is 13.9 Å². The number of nitrogens with one attached hydrogen (secondary N) is 2. The third-order valence-electron chi connectivity index (χ3n) is 3.85. The largest absolute Gasteiger partial charge is 0.380 e. The van der Waals surface area contributed by atoms with Crippen molar-refractivity contribution in [3.05, 3.63) is 71.3 Å². The normalized spacial score (nSPS) is 12.5. The van der Waals surface area contributed by atoms with Gasteiger partial charge in [-0.2, -0.15) is 14.5 Å². The van der Waals surface area contributed by atoms with Crippen molar-refractivity contribution in [1.82, 2.24) is 24.6 Å². The number of rotatable bonds is 4. The first-order valence-electron chi connectivity index (χ1n) is 7.79. The zero-order valence-electron chi connectivity index (χ0n) is 13.6. The maximum atomic E-state index is 14.1. The highest BCUT2D eigenvalue weighted by atomic mass is 19.1. The van der Waals surface area contributed by atoms with E-state index in [1.54, 1.807) is 6.07 Å². The molecule has 3 aromatic heterocycles. The molecule has 0 saturated heterocycles. The first kappa shape index (κ1) is 16.2. The molecule has 3 heterocycles. The van der Waals surface area contributed by atoms with Gasteiger partial charge >= 0.3 is 0 Å². The van der Waals surface area contributed by atoms with Crippen LogP contribution in [-0.4, -0.2) is 29.7 Å². The average Bonchev–Trinajstić information content (AvgIpc) is 3.21. The van der Waals surface area contributed by atoms with Gasteiger partial charge in [-0.1, -0.05) is 12.1 Å². The molecule has 9 heteroatoms. The summed E-state index contributed by atoms with van der Waals surface area (Å²) in [5.41, 5.74) is 1.50. The van der Waals surface area contributed by atoms with Crippen LogP contribution in [0.5, 0.6) is 0 Å². The second-order valence-corrected chi connectivity index (χ2v) is 5.77. The van der Waals surface area contributed by atoms with Crippen LogP contribution in [-0.2, 0) is 0 Å². The molecule has 1 aromatic carbocycles. The van der Waals surface area contributed by atoms with E-state index in [4.69, 9.17) is 0 Å². The predicted molar refractivity (Wildman–Crippen MR) is 90.0 cm³/mol. The van der Waals surface area contributed by atoms with Crippen LogP contribution in [0.15, 0.2) is 42.5 Å². The van der Waals surface area contributed by atoms with Crippen molar-refractivity contribution in [2.24, 2.45) is 0 Å². The molecule has 0 aliphatic heterocycles. The Labute approximate surface area is 146 Å². The highest BCUT2D eigenvalue weighted by Gasteiger charge is 2.19. The van der Waals surface area contributed by atoms with Crippen LogP contribution in [0.25, 0.3) is 5.65 Å². The van der Waals surface area contributed by atoms with Crippen LogP contribution >= 0.6 is 0 Å². The molecule has 26 heavy (non-hydrogen) atoms. The summed E-state index contributed by atoms with van der Waals surface area (Å²) >= 11 is 0. The Morgan fingerprint density at radius 3 is 2.58 bits per heavy atom. The standard InChI is InChI=1S/C17H14F2N6O/c1-9-8-13(24-23-9)20-17-22-16(21-14-7-6-12(19)25(14)17)15(26)10-2-4-11(18)5-3-10/h2-8,15,26H,1H3,(H2,20,21,22,23,24). The van der Waals surface area contributed by atoms with Crippen LogP contribution in [0.2, 0.25) is 0 Å². The topological polar surface area (TPSA) is 91.1 Å². The molecule has 0 fully saturated rings. The number of nitrogens with zero attached hydrogens (tertiary/aromatic N) is 4. The highest BCUT2D eigenvalue weighted by Crippen LogP contribution is 2.24. The van der Waals surface area contributed by atoms with Crippen molar-refractivity contribution in [2.45, 2.75) is 13.0 Å². The van der Waals surface area contributed by atoms with Crippen molar-refractivity contribution < 1.29 is 13.9 Å². The van der Waals surface area contributed by atoms with Gasteiger partial charge in [0.15, 0.2) is 11.6 Å². The molecule has 0 amide bonds. The van der Waals surface area contributed by atoms with Gasteiger partial charge in [0, 0.05) is 11.8 Å². The molecule has 0 saturated carbocycles. The fourth-order valence-corrected chi connectivity index (χ4v) is 2.60. The van der Waals surface area contributed by atoms with E-state index in [-0.39, 0.29) is 17.4 Å². The Morgan fingerprint density at radius 1 is 1.12 bits per heavy atom. The lowest BCUT2D eigenvalue weighted by atomic mass is 10.1. The number of hydrogen-bond donors (Lipinski definition) is 3. The number of fused-ring (bicyclic) bond motifs is 1. The van der Waals surface area contributed by atoms with Gasteiger partial charge in [-0.05, 0) is 36.8 Å². The summed E-state index contributed by atoms with van der Waals surface area (Å²) in [6.45, 7) is 1.83. The number of aryl methyl sites for hydroxylation is 1. The van der Waals surface area contributed by atoms with Crippen LogP contribution in [0.3, 0.4) is 0 Å². The van der Waals surface area contributed by atoms with E-state index in [0.29, 0.717) is 11.4 Å². The minimum atomic E-state index is -1.19. The average molecular weight is 356 g/mol. The smallest absolute Gasteiger partial charge is 0.218 e. The highest BCUT2D eigenvalue weighted by molar-refractivity contribution is 5.54. The summed E-state index contributed by atoms with van der Waals surface area (Å²) in [5, 5.41) is 20.3. The van der Waals surface area contributed by atoms with Gasteiger partial charge in [-0.3, -0.25) is 5.10 Å². The molecule has 0 aliphatic carbocycles. The number of aromatic nitrogens is 5. The first-order chi connectivity index (χ1) is 12.5. The summed E-state index contributed by atoms with van der Waals surface area (Å²) in [4.78, 5) is 8.44. The zero-order chi connectivity index (χ0) is 18.3. The van der Waals surface area contributed by atoms with Crippen molar-refractivity contribution in [3.63, 3.8) is 0 Å². The predicted octanol–water partition coefficient (Wildman–Crippen LogP) is 2.86. The van der Waals surface area contributed by atoms with Crippen molar-refractivity contribution in [1.29, 1.82) is 0 Å². The monoisotopic (exact) mass is 356 g/mol. The second-order valence-electron chi connectivity index (χ2n) is 5.77. The lowest BCUT2D eigenvalue weighted by Gasteiger charge is -2.13. The molecular formula is C17H14F2N6O. The fourth-order valence-electron chi connectivity index (χ4n) is 2.60. The molecule has 4 aromatic rings. The van der Waals surface area contributed by atoms with E-state index in [2.05, 4.69) is 25.5 Å². The van der Waals surface area contributed by atoms with Crippen LogP contribution in [0.1, 0.15) is 23.2 Å². The number of aliphatic hydroxyl groups excluding tert-OH is 1. The summed E-state index contributed by atoms with van der Waals surface area (Å²) in [6, 6.07) is 9.80. The lowest BCUT2D eigenvalue weighted by molar-refractivity contribution is 0.210. The molecule has 1 unspecified atom stereocenters. The maximum Gasteiger partial charge on any atom is 0.218 e. The van der Waals surface area contributed by atoms with Crippen LogP contribution in [0.4, 0.5) is 20.5 Å². The SMILES string of the molecule is Cc1cc(Nc2nc(C(O)c3ccc(F)cc3)nc3ccc(F)n23)n[nH]1. The van der Waals surface area contributed by atoms with Gasteiger partial charge in [0.2, 0.25) is 11.9 Å². The Kier molecular flexibility index (Phi) is 3.85. The Hall–Kier alpha value is -3.33. The van der Waals surface area contributed by atoms with E-state index in [1.807, 2.05) is 6.92 Å². The number of aromatic amines is 1. The molecule has 1 atom stereocenters. The molecular weight excluding hydrogens is 342 g/mol. The number of benzene rings is 1. The Morgan fingerprint density at radius 2 is 1.88 bits per heavy atom. The van der Waals surface area contributed by atoms with Gasteiger partial charge in [0.05, 0.1) is 0 Å².